The molecule has 0 saturated carbocycles. The van der Waals surface area contributed by atoms with E-state index in [4.69, 9.17) is 0 Å². The molecule has 22 heavy (non-hydrogen) atoms. The van der Waals surface area contributed by atoms with Gasteiger partial charge in [-0.05, 0) is 70.4 Å². The van der Waals surface area contributed by atoms with Gasteiger partial charge in [-0.3, -0.25) is 0 Å². The maximum Gasteiger partial charge on any atom is 0.0537 e. The molecule has 0 atom stereocenters. The molecule has 2 rings (SSSR count). The summed E-state index contributed by atoms with van der Waals surface area (Å²) in [6, 6.07) is 5.76. The summed E-state index contributed by atoms with van der Waals surface area (Å²) in [6.45, 7) is 19.0. The molecular formula is C20H32N2. The first-order valence-corrected chi connectivity index (χ1v) is 8.49. The summed E-state index contributed by atoms with van der Waals surface area (Å²) in [7, 11) is 0. The number of fused-ring (bicyclic) bond motifs is 1. The normalized spacial score (nSPS) is 17.0. The van der Waals surface area contributed by atoms with Crippen LogP contribution in [0.25, 0.3) is 5.57 Å². The number of hydrogen-bond acceptors (Lipinski definition) is 2. The Labute approximate surface area is 136 Å². The highest BCUT2D eigenvalue weighted by molar-refractivity contribution is 5.82. The Kier molecular flexibility index (Phi) is 4.72. The predicted molar refractivity (Wildman–Crippen MR) is 98.5 cm³/mol. The van der Waals surface area contributed by atoms with Gasteiger partial charge < -0.3 is 10.2 Å². The molecule has 1 aromatic carbocycles. The molecule has 1 aromatic rings. The van der Waals surface area contributed by atoms with Crippen molar-refractivity contribution < 1.29 is 0 Å². The molecule has 122 valence electrons. The number of rotatable bonds is 4. The third-order valence-electron chi connectivity index (χ3n) is 4.55. The average molecular weight is 300 g/mol. The molecular weight excluding hydrogens is 268 g/mol. The first kappa shape index (κ1) is 17.1. The van der Waals surface area contributed by atoms with Gasteiger partial charge in [0.25, 0.3) is 0 Å². The van der Waals surface area contributed by atoms with Gasteiger partial charge in [0.1, 0.15) is 0 Å². The van der Waals surface area contributed by atoms with Crippen LogP contribution in [0.5, 0.6) is 0 Å². The highest BCUT2D eigenvalue weighted by Crippen LogP contribution is 2.41. The molecule has 0 bridgehead atoms. The topological polar surface area (TPSA) is 15.3 Å². The summed E-state index contributed by atoms with van der Waals surface area (Å²) in [5.74, 6) is 0. The Morgan fingerprint density at radius 1 is 1.09 bits per heavy atom. The van der Waals surface area contributed by atoms with Crippen molar-refractivity contribution in [3.8, 4) is 0 Å². The lowest BCUT2D eigenvalue weighted by Gasteiger charge is -2.46. The fourth-order valence-electron chi connectivity index (χ4n) is 3.69. The fraction of sp³-hybridized carbons (Fsp3) is 0.600. The van der Waals surface area contributed by atoms with Crippen LogP contribution in [-0.4, -0.2) is 17.6 Å². The van der Waals surface area contributed by atoms with Gasteiger partial charge in [-0.25, -0.2) is 0 Å². The smallest absolute Gasteiger partial charge is 0.0537 e. The lowest BCUT2D eigenvalue weighted by Crippen LogP contribution is -2.49. The number of aryl methyl sites for hydroxylation is 1. The number of benzene rings is 1. The Morgan fingerprint density at radius 3 is 2.27 bits per heavy atom. The third-order valence-corrected chi connectivity index (χ3v) is 4.55. The molecule has 1 aliphatic rings. The molecule has 1 N–H and O–H groups in total. The van der Waals surface area contributed by atoms with Crippen molar-refractivity contribution in [2.75, 3.05) is 4.90 Å². The minimum absolute atomic E-state index is 0.0649. The zero-order chi connectivity index (χ0) is 16.7. The van der Waals surface area contributed by atoms with Crippen molar-refractivity contribution in [3.05, 3.63) is 34.9 Å². The maximum absolute atomic E-state index is 3.54. The van der Waals surface area contributed by atoms with Crippen LogP contribution < -0.4 is 10.2 Å². The minimum atomic E-state index is 0.0649. The van der Waals surface area contributed by atoms with E-state index in [2.05, 4.69) is 83.8 Å². The molecule has 1 heterocycles. The summed E-state index contributed by atoms with van der Waals surface area (Å²) in [5.41, 5.74) is 7.01. The van der Waals surface area contributed by atoms with E-state index in [1.807, 2.05) is 0 Å². The summed E-state index contributed by atoms with van der Waals surface area (Å²) in [5, 5.41) is 3.54. The summed E-state index contributed by atoms with van der Waals surface area (Å²) >= 11 is 0. The molecule has 0 aliphatic carbocycles. The molecule has 0 aromatic heterocycles. The highest BCUT2D eigenvalue weighted by Gasteiger charge is 2.33. The maximum atomic E-state index is 3.54. The van der Waals surface area contributed by atoms with Crippen LogP contribution in [0.2, 0.25) is 0 Å². The first-order chi connectivity index (χ1) is 10.1. The number of nitrogens with zero attached hydrogens (tertiary/aromatic N) is 1. The fourth-order valence-corrected chi connectivity index (χ4v) is 3.69. The van der Waals surface area contributed by atoms with Crippen LogP contribution in [0.4, 0.5) is 5.69 Å². The number of hydrogen-bond donors (Lipinski definition) is 1. The van der Waals surface area contributed by atoms with Crippen molar-refractivity contribution in [2.45, 2.75) is 79.6 Å². The second-order valence-corrected chi connectivity index (χ2v) is 7.78. The van der Waals surface area contributed by atoms with Gasteiger partial charge in [0.05, 0.1) is 5.54 Å². The molecule has 0 saturated heterocycles. The van der Waals surface area contributed by atoms with Crippen LogP contribution >= 0.6 is 0 Å². The Hall–Kier alpha value is -1.28. The Balaban J connectivity index is 2.51. The zero-order valence-electron chi connectivity index (χ0n) is 15.5. The van der Waals surface area contributed by atoms with Crippen LogP contribution in [0.1, 0.15) is 65.2 Å². The highest BCUT2D eigenvalue weighted by atomic mass is 15.2. The molecule has 1 aliphatic heterocycles. The third kappa shape index (κ3) is 3.22. The van der Waals surface area contributed by atoms with E-state index in [1.165, 1.54) is 28.0 Å². The standard InChI is InChI=1S/C20H32N2/c1-13(2)21-12-17-10-18-16(6)11-20(7,8)22(14(3)4)19(18)9-15(17)5/h9-11,13-14,21H,12H2,1-8H3. The molecule has 0 amide bonds. The van der Waals surface area contributed by atoms with Crippen LogP contribution in [-0.2, 0) is 6.54 Å². The van der Waals surface area contributed by atoms with Gasteiger partial charge >= 0.3 is 0 Å². The van der Waals surface area contributed by atoms with E-state index in [-0.39, 0.29) is 5.54 Å². The van der Waals surface area contributed by atoms with Gasteiger partial charge in [0.15, 0.2) is 0 Å². The summed E-state index contributed by atoms with van der Waals surface area (Å²) in [6.07, 6.45) is 2.41. The Morgan fingerprint density at radius 2 is 1.73 bits per heavy atom. The quantitative estimate of drug-likeness (QED) is 0.850. The van der Waals surface area contributed by atoms with Gasteiger partial charge in [-0.2, -0.15) is 0 Å². The first-order valence-electron chi connectivity index (χ1n) is 8.49. The molecule has 0 unspecified atom stereocenters. The van der Waals surface area contributed by atoms with Crippen LogP contribution in [0.15, 0.2) is 18.2 Å². The number of anilines is 1. The van der Waals surface area contributed by atoms with E-state index < -0.39 is 0 Å². The second kappa shape index (κ2) is 6.08. The van der Waals surface area contributed by atoms with E-state index in [1.54, 1.807) is 0 Å². The SMILES string of the molecule is CC1=CC(C)(C)N(C(C)C)c2cc(C)c(CNC(C)C)cc21. The van der Waals surface area contributed by atoms with Crippen molar-refractivity contribution in [2.24, 2.45) is 0 Å². The number of allylic oxidation sites excluding steroid dienone is 1. The second-order valence-electron chi connectivity index (χ2n) is 7.78. The van der Waals surface area contributed by atoms with Gasteiger partial charge in [-0.1, -0.05) is 19.9 Å². The van der Waals surface area contributed by atoms with Crippen molar-refractivity contribution in [1.29, 1.82) is 0 Å². The summed E-state index contributed by atoms with van der Waals surface area (Å²) < 4.78 is 0. The zero-order valence-corrected chi connectivity index (χ0v) is 15.5. The van der Waals surface area contributed by atoms with Gasteiger partial charge in [0, 0.05) is 29.9 Å². The van der Waals surface area contributed by atoms with E-state index in [0.29, 0.717) is 12.1 Å². The van der Waals surface area contributed by atoms with E-state index >= 15 is 0 Å². The van der Waals surface area contributed by atoms with Crippen molar-refractivity contribution in [3.63, 3.8) is 0 Å². The monoisotopic (exact) mass is 300 g/mol. The van der Waals surface area contributed by atoms with E-state index in [0.717, 1.165) is 6.54 Å². The van der Waals surface area contributed by atoms with Crippen LogP contribution in [0.3, 0.4) is 0 Å². The molecule has 0 radical (unpaired) electrons. The van der Waals surface area contributed by atoms with Gasteiger partial charge in [-0.15, -0.1) is 0 Å². The van der Waals surface area contributed by atoms with Crippen LogP contribution in [0, 0.1) is 6.92 Å². The number of nitrogens with one attached hydrogen (secondary N) is 1. The van der Waals surface area contributed by atoms with Gasteiger partial charge in [0.2, 0.25) is 0 Å². The average Bonchev–Trinajstić information content (AvgIpc) is 2.34. The molecule has 2 nitrogen and oxygen atoms in total. The Bertz CT molecular complexity index is 580. The largest absolute Gasteiger partial charge is 0.360 e. The lowest BCUT2D eigenvalue weighted by molar-refractivity contribution is 0.506. The lowest BCUT2D eigenvalue weighted by atomic mass is 9.86. The summed E-state index contributed by atoms with van der Waals surface area (Å²) in [4.78, 5) is 2.54. The predicted octanol–water partition coefficient (Wildman–Crippen LogP) is 4.90. The molecule has 2 heteroatoms. The minimum Gasteiger partial charge on any atom is -0.360 e. The van der Waals surface area contributed by atoms with E-state index in [9.17, 15) is 0 Å². The molecule has 0 fully saturated rings. The molecule has 0 spiro atoms. The van der Waals surface area contributed by atoms with Crippen molar-refractivity contribution in [1.82, 2.24) is 5.32 Å². The van der Waals surface area contributed by atoms with Crippen molar-refractivity contribution >= 4 is 11.3 Å².